The van der Waals surface area contributed by atoms with Crippen molar-refractivity contribution < 1.29 is 24.5 Å². The maximum Gasteiger partial charge on any atom is 0.120 e. The number of para-hydroxylation sites is 1. The van der Waals surface area contributed by atoms with Gasteiger partial charge in [-0.3, -0.25) is 0 Å². The van der Waals surface area contributed by atoms with Gasteiger partial charge in [0.1, 0.15) is 5.58 Å². The molecule has 221 valence electrons. The minimum atomic E-state index is -1.50. The van der Waals surface area contributed by atoms with E-state index in [1.54, 1.807) is 0 Å². The third kappa shape index (κ3) is 6.91. The van der Waals surface area contributed by atoms with Crippen molar-refractivity contribution in [2.24, 2.45) is 0 Å². The average Bonchev–Trinajstić information content (AvgIpc) is 3.41. The standard InChI is InChI=1S/C26H28NOSi.C12H10N.Ir/c1-29(2,3)24-14-8-12-21-20-11-7-13-22(25(20)28-26(21)24)23-16-15-19(17-27-23)18-9-5-4-6-10-18;1-10-7-8-12(13-9-10)11-5-3-2-4-6-11;/h7-8,11-12,14-18H,4-6,9-10H2,1-3H3;2-5,7-9H,1H3;/q2*-1;. The molecule has 1 radical (unpaired) electrons. The van der Waals surface area contributed by atoms with E-state index in [4.69, 9.17) is 9.40 Å². The Labute approximate surface area is 270 Å². The third-order valence-corrected chi connectivity index (χ3v) is 10.3. The number of hydrogen-bond donors (Lipinski definition) is 0. The van der Waals surface area contributed by atoms with Gasteiger partial charge in [0.25, 0.3) is 0 Å². The number of nitrogens with zero attached hydrogens (tertiary/aromatic N) is 2. The molecule has 5 heteroatoms. The summed E-state index contributed by atoms with van der Waals surface area (Å²) in [5.41, 5.74) is 8.45. The Hall–Kier alpha value is -3.37. The van der Waals surface area contributed by atoms with E-state index in [0.29, 0.717) is 5.92 Å². The smallest absolute Gasteiger partial charge is 0.120 e. The Kier molecular flexibility index (Phi) is 9.76. The van der Waals surface area contributed by atoms with Crippen LogP contribution in [0.15, 0.2) is 95.7 Å². The Morgan fingerprint density at radius 1 is 0.721 bits per heavy atom. The minimum absolute atomic E-state index is 0. The predicted octanol–water partition coefficient (Wildman–Crippen LogP) is 9.90. The number of pyridine rings is 2. The van der Waals surface area contributed by atoms with E-state index in [9.17, 15) is 0 Å². The van der Waals surface area contributed by atoms with Crippen LogP contribution in [0.3, 0.4) is 0 Å². The van der Waals surface area contributed by atoms with Crippen molar-refractivity contribution in [1.82, 2.24) is 9.97 Å². The molecule has 1 aliphatic rings. The molecule has 6 aromatic rings. The maximum atomic E-state index is 6.51. The van der Waals surface area contributed by atoms with Crippen LogP contribution in [-0.2, 0) is 20.1 Å². The van der Waals surface area contributed by atoms with Crippen LogP contribution in [-0.4, -0.2) is 18.0 Å². The Bertz CT molecular complexity index is 1780. The molecule has 3 nitrogen and oxygen atoms in total. The van der Waals surface area contributed by atoms with Crippen LogP contribution < -0.4 is 5.19 Å². The number of aryl methyl sites for hydroxylation is 1. The van der Waals surface area contributed by atoms with Gasteiger partial charge in [0.2, 0.25) is 0 Å². The molecule has 3 aromatic heterocycles. The fraction of sp³-hybridized carbons (Fsp3) is 0.263. The topological polar surface area (TPSA) is 38.9 Å². The summed E-state index contributed by atoms with van der Waals surface area (Å²) in [5.74, 6) is 0.676. The second-order valence-corrected chi connectivity index (χ2v) is 17.5. The molecule has 0 amide bonds. The Balaban J connectivity index is 0.000000221. The van der Waals surface area contributed by atoms with Crippen LogP contribution in [0, 0.1) is 19.1 Å². The summed E-state index contributed by atoms with van der Waals surface area (Å²) in [7, 11) is -1.50. The van der Waals surface area contributed by atoms with Crippen LogP contribution in [0.25, 0.3) is 44.5 Å². The first-order valence-corrected chi connectivity index (χ1v) is 18.6. The fourth-order valence-electron chi connectivity index (χ4n) is 5.95. The van der Waals surface area contributed by atoms with Gasteiger partial charge in [-0.15, -0.1) is 54.1 Å². The number of fused-ring (bicyclic) bond motifs is 3. The minimum Gasteiger partial charge on any atom is -0.501 e. The molecule has 1 fully saturated rings. The molecule has 0 bridgehead atoms. The summed E-state index contributed by atoms with van der Waals surface area (Å²) < 4.78 is 6.51. The van der Waals surface area contributed by atoms with Crippen LogP contribution in [0.1, 0.15) is 49.1 Å². The van der Waals surface area contributed by atoms with Gasteiger partial charge >= 0.3 is 0 Å². The summed E-state index contributed by atoms with van der Waals surface area (Å²) in [6.07, 6.45) is 10.6. The van der Waals surface area contributed by atoms with Crippen LogP contribution >= 0.6 is 0 Å². The number of furan rings is 1. The monoisotopic (exact) mass is 759 g/mol. The zero-order valence-corrected chi connectivity index (χ0v) is 28.8. The van der Waals surface area contributed by atoms with Gasteiger partial charge < -0.3 is 14.4 Å². The molecular formula is C38H38IrN2OSi-2. The molecule has 1 aliphatic carbocycles. The van der Waals surface area contributed by atoms with Gasteiger partial charge in [-0.1, -0.05) is 92.3 Å². The van der Waals surface area contributed by atoms with E-state index in [1.165, 1.54) is 53.8 Å². The second-order valence-electron chi connectivity index (χ2n) is 12.4. The predicted molar refractivity (Wildman–Crippen MR) is 178 cm³/mol. The number of rotatable bonds is 4. The van der Waals surface area contributed by atoms with Crippen molar-refractivity contribution >= 4 is 35.2 Å². The fourth-order valence-corrected chi connectivity index (χ4v) is 7.42. The number of hydrogen-bond acceptors (Lipinski definition) is 3. The van der Waals surface area contributed by atoms with Crippen LogP contribution in [0.5, 0.6) is 0 Å². The van der Waals surface area contributed by atoms with Gasteiger partial charge in [-0.25, -0.2) is 0 Å². The summed E-state index contributed by atoms with van der Waals surface area (Å²) in [6.45, 7) is 9.14. The van der Waals surface area contributed by atoms with E-state index in [0.717, 1.165) is 39.1 Å². The molecule has 0 saturated heterocycles. The molecule has 1 saturated carbocycles. The van der Waals surface area contributed by atoms with Gasteiger partial charge in [0.05, 0.1) is 13.7 Å². The van der Waals surface area contributed by atoms with Crippen LogP contribution in [0.4, 0.5) is 0 Å². The second kappa shape index (κ2) is 13.5. The van der Waals surface area contributed by atoms with Gasteiger partial charge in [0.15, 0.2) is 0 Å². The van der Waals surface area contributed by atoms with Crippen molar-refractivity contribution in [3.8, 4) is 22.5 Å². The molecule has 0 aliphatic heterocycles. The SMILES string of the molecule is C[Si](C)(C)c1cccc2c1oc1c(-c3ccc(C4CCCCC4)cn3)[c-]ccc12.Cc1ccc(-c2[c-]cccc2)nc1.[Ir]. The maximum absolute atomic E-state index is 6.51. The first-order chi connectivity index (χ1) is 20.4. The quantitative estimate of drug-likeness (QED) is 0.133. The summed E-state index contributed by atoms with van der Waals surface area (Å²) in [4.78, 5) is 9.15. The van der Waals surface area contributed by atoms with E-state index in [2.05, 4.69) is 85.4 Å². The third-order valence-electron chi connectivity index (χ3n) is 8.28. The molecule has 0 atom stereocenters. The molecule has 0 spiro atoms. The van der Waals surface area contributed by atoms with Crippen molar-refractivity contribution in [1.29, 1.82) is 0 Å². The first kappa shape index (κ1) is 31.1. The molecule has 3 heterocycles. The normalized spacial score (nSPS) is 13.8. The van der Waals surface area contributed by atoms with Crippen LogP contribution in [0.2, 0.25) is 19.6 Å². The van der Waals surface area contributed by atoms with Crippen molar-refractivity contribution in [2.75, 3.05) is 0 Å². The van der Waals surface area contributed by atoms with Gasteiger partial charge in [-0.05, 0) is 53.4 Å². The van der Waals surface area contributed by atoms with E-state index < -0.39 is 8.07 Å². The molecule has 0 N–H and O–H groups in total. The molecular weight excluding hydrogens is 721 g/mol. The molecule has 43 heavy (non-hydrogen) atoms. The Morgan fingerprint density at radius 2 is 1.49 bits per heavy atom. The first-order valence-electron chi connectivity index (χ1n) is 15.1. The largest absolute Gasteiger partial charge is 0.501 e. The summed E-state index contributed by atoms with van der Waals surface area (Å²) in [6, 6.07) is 33.6. The zero-order chi connectivity index (χ0) is 29.1. The molecule has 7 rings (SSSR count). The van der Waals surface area contributed by atoms with Gasteiger partial charge in [0, 0.05) is 37.9 Å². The number of aromatic nitrogens is 2. The van der Waals surface area contributed by atoms with E-state index in [-0.39, 0.29) is 20.1 Å². The van der Waals surface area contributed by atoms with Crippen molar-refractivity contribution in [2.45, 2.75) is 64.6 Å². The van der Waals surface area contributed by atoms with Crippen molar-refractivity contribution in [3.05, 3.63) is 115 Å². The average molecular weight is 759 g/mol. The van der Waals surface area contributed by atoms with Gasteiger partial charge in [-0.2, -0.15) is 0 Å². The van der Waals surface area contributed by atoms with Crippen molar-refractivity contribution in [3.63, 3.8) is 0 Å². The Morgan fingerprint density at radius 3 is 2.16 bits per heavy atom. The summed E-state index contributed by atoms with van der Waals surface area (Å²) in [5, 5.41) is 3.73. The summed E-state index contributed by atoms with van der Waals surface area (Å²) >= 11 is 0. The van der Waals surface area contributed by atoms with E-state index in [1.807, 2.05) is 49.5 Å². The van der Waals surface area contributed by atoms with E-state index >= 15 is 0 Å². The molecule has 0 unspecified atom stereocenters. The zero-order valence-electron chi connectivity index (χ0n) is 25.4. The number of benzene rings is 3. The molecule has 3 aromatic carbocycles.